The Labute approximate surface area is 109 Å². The molecule has 0 aliphatic rings. The number of halogens is 4. The van der Waals surface area contributed by atoms with Gasteiger partial charge in [-0.15, -0.1) is 0 Å². The Hall–Kier alpha value is -2.51. The summed E-state index contributed by atoms with van der Waals surface area (Å²) in [5, 5.41) is 0.177. The van der Waals surface area contributed by atoms with Gasteiger partial charge in [0.25, 0.3) is 0 Å². The van der Waals surface area contributed by atoms with Crippen LogP contribution in [-0.2, 0) is 6.18 Å². The van der Waals surface area contributed by atoms with Gasteiger partial charge >= 0.3 is 6.18 Å². The fourth-order valence-corrected chi connectivity index (χ4v) is 1.79. The molecular weight excluding hydrogens is 276 g/mol. The first-order valence-corrected chi connectivity index (χ1v) is 5.48. The zero-order valence-electron chi connectivity index (χ0n) is 9.76. The Bertz CT molecular complexity index is 765. The normalized spacial score (nSPS) is 12.0. The van der Waals surface area contributed by atoms with Gasteiger partial charge in [0.15, 0.2) is 0 Å². The van der Waals surface area contributed by atoms with Crippen molar-refractivity contribution in [3.8, 4) is 5.82 Å². The number of aromatic nitrogens is 4. The van der Waals surface area contributed by atoms with E-state index in [1.54, 1.807) is 0 Å². The molecule has 0 saturated heterocycles. The summed E-state index contributed by atoms with van der Waals surface area (Å²) in [6.07, 6.45) is -0.585. The Kier molecular flexibility index (Phi) is 2.66. The van der Waals surface area contributed by atoms with Gasteiger partial charge in [0.1, 0.15) is 18.0 Å². The smallest absolute Gasteiger partial charge is 0.290 e. The van der Waals surface area contributed by atoms with E-state index < -0.39 is 17.8 Å². The molecule has 3 aromatic rings. The zero-order chi connectivity index (χ0) is 14.3. The van der Waals surface area contributed by atoms with Gasteiger partial charge < -0.3 is 0 Å². The summed E-state index contributed by atoms with van der Waals surface area (Å²) in [7, 11) is 0. The first kappa shape index (κ1) is 12.5. The highest BCUT2D eigenvalue weighted by molar-refractivity contribution is 5.85. The minimum absolute atomic E-state index is 0.0115. The first-order valence-electron chi connectivity index (χ1n) is 5.48. The molecule has 0 aliphatic carbocycles. The molecule has 0 saturated carbocycles. The summed E-state index contributed by atoms with van der Waals surface area (Å²) >= 11 is 0. The van der Waals surface area contributed by atoms with E-state index in [-0.39, 0.29) is 16.7 Å². The predicted molar refractivity (Wildman–Crippen MR) is 61.6 cm³/mol. The number of nitrogens with zero attached hydrogens (tertiary/aromatic N) is 4. The van der Waals surface area contributed by atoms with Crippen molar-refractivity contribution in [3.05, 3.63) is 48.6 Å². The molecule has 3 rings (SSSR count). The number of hydrogen-bond acceptors (Lipinski definition) is 3. The highest BCUT2D eigenvalue weighted by Crippen LogP contribution is 2.29. The van der Waals surface area contributed by atoms with Crippen molar-refractivity contribution in [1.29, 1.82) is 0 Å². The second kappa shape index (κ2) is 4.26. The van der Waals surface area contributed by atoms with Crippen molar-refractivity contribution in [3.63, 3.8) is 0 Å². The first-order chi connectivity index (χ1) is 9.45. The van der Waals surface area contributed by atoms with Gasteiger partial charge in [0.2, 0.25) is 5.82 Å². The average Bonchev–Trinajstić information content (AvgIpc) is 2.90. The van der Waals surface area contributed by atoms with Gasteiger partial charge in [-0.05, 0) is 18.2 Å². The number of rotatable bonds is 1. The van der Waals surface area contributed by atoms with Gasteiger partial charge in [-0.25, -0.2) is 19.3 Å². The molecule has 20 heavy (non-hydrogen) atoms. The molecule has 8 heteroatoms. The maximum absolute atomic E-state index is 13.3. The molecule has 0 N–H and O–H groups in total. The number of alkyl halides is 3. The van der Waals surface area contributed by atoms with Gasteiger partial charge in [0, 0.05) is 17.8 Å². The largest absolute Gasteiger partial charge is 0.451 e. The summed E-state index contributed by atoms with van der Waals surface area (Å²) in [4.78, 5) is 10.6. The van der Waals surface area contributed by atoms with Crippen LogP contribution in [0.2, 0.25) is 0 Å². The van der Waals surface area contributed by atoms with Crippen LogP contribution in [0.25, 0.3) is 16.7 Å². The summed E-state index contributed by atoms with van der Waals surface area (Å²) in [5.74, 6) is -1.93. The van der Waals surface area contributed by atoms with E-state index >= 15 is 0 Å². The van der Waals surface area contributed by atoms with Crippen LogP contribution in [0.1, 0.15) is 5.82 Å². The van der Waals surface area contributed by atoms with Crippen molar-refractivity contribution < 1.29 is 17.6 Å². The molecule has 0 atom stereocenters. The molecule has 0 fully saturated rings. The van der Waals surface area contributed by atoms with E-state index in [2.05, 4.69) is 15.0 Å². The van der Waals surface area contributed by atoms with Crippen LogP contribution in [0.4, 0.5) is 17.6 Å². The summed E-state index contributed by atoms with van der Waals surface area (Å²) in [6.45, 7) is 0. The van der Waals surface area contributed by atoms with E-state index in [9.17, 15) is 17.6 Å². The molecule has 0 aliphatic heterocycles. The van der Waals surface area contributed by atoms with E-state index in [0.717, 1.165) is 12.1 Å². The maximum atomic E-state index is 13.3. The van der Waals surface area contributed by atoms with E-state index in [4.69, 9.17) is 0 Å². The van der Waals surface area contributed by atoms with Crippen LogP contribution in [0.15, 0.2) is 36.9 Å². The van der Waals surface area contributed by atoms with E-state index in [1.165, 1.54) is 29.4 Å². The monoisotopic (exact) mass is 282 g/mol. The molecule has 0 bridgehead atoms. The van der Waals surface area contributed by atoms with Gasteiger partial charge in [-0.1, -0.05) is 0 Å². The number of imidazole rings is 1. The van der Waals surface area contributed by atoms with Crippen molar-refractivity contribution in [2.75, 3.05) is 0 Å². The molecule has 0 spiro atoms. The van der Waals surface area contributed by atoms with E-state index in [0.29, 0.717) is 0 Å². The summed E-state index contributed by atoms with van der Waals surface area (Å²) < 4.78 is 52.9. The minimum atomic E-state index is -4.68. The van der Waals surface area contributed by atoms with Crippen LogP contribution >= 0.6 is 0 Å². The number of fused-ring (bicyclic) bond motifs is 1. The van der Waals surface area contributed by atoms with Crippen LogP contribution in [-0.4, -0.2) is 19.5 Å². The minimum Gasteiger partial charge on any atom is -0.290 e. The predicted octanol–water partition coefficient (Wildman–Crippen LogP) is 2.97. The lowest BCUT2D eigenvalue weighted by Gasteiger charge is -2.10. The number of benzene rings is 1. The van der Waals surface area contributed by atoms with Gasteiger partial charge in [-0.3, -0.25) is 4.57 Å². The molecule has 4 nitrogen and oxygen atoms in total. The third kappa shape index (κ3) is 2.09. The van der Waals surface area contributed by atoms with Crippen molar-refractivity contribution in [2.45, 2.75) is 6.18 Å². The van der Waals surface area contributed by atoms with Crippen molar-refractivity contribution in [1.82, 2.24) is 19.5 Å². The summed E-state index contributed by atoms with van der Waals surface area (Å²) in [6, 6.07) is 3.32. The Morgan fingerprint density at radius 3 is 2.55 bits per heavy atom. The highest BCUT2D eigenvalue weighted by Gasteiger charge is 2.35. The van der Waals surface area contributed by atoms with Gasteiger partial charge in [-0.2, -0.15) is 13.2 Å². The molecule has 0 amide bonds. The second-order valence-electron chi connectivity index (χ2n) is 4.00. The molecule has 0 unspecified atom stereocenters. The highest BCUT2D eigenvalue weighted by atomic mass is 19.4. The van der Waals surface area contributed by atoms with Crippen LogP contribution in [0, 0.1) is 5.82 Å². The van der Waals surface area contributed by atoms with Crippen molar-refractivity contribution in [2.24, 2.45) is 0 Å². The third-order valence-corrected chi connectivity index (χ3v) is 2.64. The third-order valence-electron chi connectivity index (χ3n) is 2.64. The molecule has 1 aromatic carbocycles. The number of hydrogen-bond donors (Lipinski definition) is 0. The van der Waals surface area contributed by atoms with Crippen LogP contribution in [0.5, 0.6) is 0 Å². The Balaban J connectivity index is 2.37. The second-order valence-corrected chi connectivity index (χ2v) is 4.00. The van der Waals surface area contributed by atoms with Crippen molar-refractivity contribution >= 4 is 10.9 Å². The lowest BCUT2D eigenvalue weighted by atomic mass is 10.2. The molecule has 2 aromatic heterocycles. The standard InChI is InChI=1S/C12H6F4N4/c13-7-1-2-9-8(5-7)10(20-4-3-17-6-20)19-11(18-9)12(14,15)16/h1-6H. The Morgan fingerprint density at radius 1 is 1.10 bits per heavy atom. The molecule has 0 radical (unpaired) electrons. The molecule has 2 heterocycles. The summed E-state index contributed by atoms with van der Waals surface area (Å²) in [5.41, 5.74) is 0.0115. The SMILES string of the molecule is Fc1ccc2nc(C(F)(F)F)nc(-n3ccnc3)c2c1. The fraction of sp³-hybridized carbons (Fsp3) is 0.0833. The maximum Gasteiger partial charge on any atom is 0.451 e. The molecular formula is C12H6F4N4. The lowest BCUT2D eigenvalue weighted by molar-refractivity contribution is -0.144. The molecule has 102 valence electrons. The fourth-order valence-electron chi connectivity index (χ4n) is 1.79. The average molecular weight is 282 g/mol. The van der Waals surface area contributed by atoms with Crippen LogP contribution < -0.4 is 0 Å². The van der Waals surface area contributed by atoms with E-state index in [1.807, 2.05) is 0 Å². The zero-order valence-corrected chi connectivity index (χ0v) is 9.76. The Morgan fingerprint density at radius 2 is 1.90 bits per heavy atom. The van der Waals surface area contributed by atoms with Crippen LogP contribution in [0.3, 0.4) is 0 Å². The van der Waals surface area contributed by atoms with Gasteiger partial charge in [0.05, 0.1) is 5.52 Å². The topological polar surface area (TPSA) is 43.6 Å². The lowest BCUT2D eigenvalue weighted by Crippen LogP contribution is -2.13. The quantitative estimate of drug-likeness (QED) is 0.644.